The Bertz CT molecular complexity index is 343. The predicted octanol–water partition coefficient (Wildman–Crippen LogP) is 4.05. The Balaban J connectivity index is 3.29. The van der Waals surface area contributed by atoms with Crippen LogP contribution in [0.1, 0.15) is 16.7 Å². The molecule has 0 nitrogen and oxygen atoms in total. The average molecular weight is 271 g/mol. The summed E-state index contributed by atoms with van der Waals surface area (Å²) in [6.45, 7) is 1.31. The lowest BCUT2D eigenvalue weighted by Gasteiger charge is -2.11. The van der Waals surface area contributed by atoms with Gasteiger partial charge >= 0.3 is 6.18 Å². The van der Waals surface area contributed by atoms with Crippen LogP contribution in [0.3, 0.4) is 0 Å². The van der Waals surface area contributed by atoms with Crippen LogP contribution in [0.2, 0.25) is 0 Å². The average Bonchev–Trinajstić information content (AvgIpc) is 2.06. The summed E-state index contributed by atoms with van der Waals surface area (Å²) in [4.78, 5) is 0. The molecule has 0 aromatic heterocycles. The van der Waals surface area contributed by atoms with Crippen LogP contribution in [0.5, 0.6) is 0 Å². The van der Waals surface area contributed by atoms with Gasteiger partial charge in [-0.25, -0.2) is 4.39 Å². The molecule has 0 N–H and O–H groups in total. The molecule has 14 heavy (non-hydrogen) atoms. The molecular weight excluding hydrogens is 264 g/mol. The summed E-state index contributed by atoms with van der Waals surface area (Å²) in [7, 11) is 0. The highest BCUT2D eigenvalue weighted by Crippen LogP contribution is 2.33. The Hall–Kier alpha value is -0.580. The van der Waals surface area contributed by atoms with Gasteiger partial charge in [0, 0.05) is 5.33 Å². The molecule has 0 unspecified atom stereocenters. The topological polar surface area (TPSA) is 0 Å². The summed E-state index contributed by atoms with van der Waals surface area (Å²) < 4.78 is 49.9. The monoisotopic (exact) mass is 270 g/mol. The molecule has 0 fully saturated rings. The van der Waals surface area contributed by atoms with E-state index in [0.29, 0.717) is 6.07 Å². The molecule has 0 bridgehead atoms. The fourth-order valence-corrected chi connectivity index (χ4v) is 1.58. The minimum Gasteiger partial charge on any atom is -0.207 e. The van der Waals surface area contributed by atoms with Crippen LogP contribution >= 0.6 is 15.9 Å². The summed E-state index contributed by atoms with van der Waals surface area (Å²) in [5.74, 6) is -0.834. The van der Waals surface area contributed by atoms with Gasteiger partial charge in [0.25, 0.3) is 0 Å². The van der Waals surface area contributed by atoms with Gasteiger partial charge in [-0.05, 0) is 24.1 Å². The second-order valence-electron chi connectivity index (χ2n) is 2.89. The first-order chi connectivity index (χ1) is 6.36. The van der Waals surface area contributed by atoms with Crippen LogP contribution in [-0.4, -0.2) is 0 Å². The van der Waals surface area contributed by atoms with Crippen LogP contribution < -0.4 is 0 Å². The Morgan fingerprint density at radius 3 is 2.29 bits per heavy atom. The van der Waals surface area contributed by atoms with Crippen LogP contribution in [-0.2, 0) is 11.5 Å². The first kappa shape index (κ1) is 11.5. The molecule has 0 spiro atoms. The quantitative estimate of drug-likeness (QED) is 0.534. The van der Waals surface area contributed by atoms with E-state index in [1.165, 1.54) is 13.0 Å². The normalized spacial score (nSPS) is 11.9. The van der Waals surface area contributed by atoms with Crippen molar-refractivity contribution < 1.29 is 17.6 Å². The summed E-state index contributed by atoms with van der Waals surface area (Å²) in [5.41, 5.74) is -0.649. The highest BCUT2D eigenvalue weighted by atomic mass is 79.9. The van der Waals surface area contributed by atoms with Crippen LogP contribution in [0.4, 0.5) is 17.6 Å². The fourth-order valence-electron chi connectivity index (χ4n) is 1.15. The summed E-state index contributed by atoms with van der Waals surface area (Å²) >= 11 is 3.00. The van der Waals surface area contributed by atoms with E-state index >= 15 is 0 Å². The standard InChI is InChI=1S/C9H7BrF4/c1-5-2-6(4-10)8(11)3-7(5)9(12,13)14/h2-3H,4H2,1H3. The van der Waals surface area contributed by atoms with E-state index in [4.69, 9.17) is 0 Å². The van der Waals surface area contributed by atoms with Crippen LogP contribution in [0.15, 0.2) is 12.1 Å². The lowest BCUT2D eigenvalue weighted by Crippen LogP contribution is -2.08. The first-order valence-corrected chi connectivity index (χ1v) is 4.90. The Morgan fingerprint density at radius 1 is 1.29 bits per heavy atom. The molecule has 78 valence electrons. The second-order valence-corrected chi connectivity index (χ2v) is 3.45. The van der Waals surface area contributed by atoms with Crippen molar-refractivity contribution in [2.45, 2.75) is 18.4 Å². The van der Waals surface area contributed by atoms with E-state index in [9.17, 15) is 17.6 Å². The third-order valence-electron chi connectivity index (χ3n) is 1.84. The van der Waals surface area contributed by atoms with Gasteiger partial charge in [0.15, 0.2) is 0 Å². The predicted molar refractivity (Wildman–Crippen MR) is 48.8 cm³/mol. The molecule has 1 aromatic carbocycles. The van der Waals surface area contributed by atoms with Crippen molar-refractivity contribution in [3.05, 3.63) is 34.6 Å². The fraction of sp³-hybridized carbons (Fsp3) is 0.333. The van der Waals surface area contributed by atoms with Gasteiger partial charge in [0.2, 0.25) is 0 Å². The number of alkyl halides is 4. The molecule has 0 aliphatic carbocycles. The van der Waals surface area contributed by atoms with Gasteiger partial charge in [-0.3, -0.25) is 0 Å². The maximum atomic E-state index is 13.0. The smallest absolute Gasteiger partial charge is 0.207 e. The van der Waals surface area contributed by atoms with Crippen molar-refractivity contribution >= 4 is 15.9 Å². The summed E-state index contributed by atoms with van der Waals surface area (Å²) in [5, 5.41) is 0.206. The van der Waals surface area contributed by atoms with E-state index in [0.717, 1.165) is 0 Å². The van der Waals surface area contributed by atoms with Gasteiger partial charge in [-0.15, -0.1) is 0 Å². The third-order valence-corrected chi connectivity index (χ3v) is 2.45. The zero-order valence-electron chi connectivity index (χ0n) is 7.25. The molecular formula is C9H7BrF4. The number of hydrogen-bond donors (Lipinski definition) is 0. The van der Waals surface area contributed by atoms with Gasteiger partial charge in [-0.1, -0.05) is 22.0 Å². The van der Waals surface area contributed by atoms with Crippen molar-refractivity contribution in [3.8, 4) is 0 Å². The minimum atomic E-state index is -4.49. The van der Waals surface area contributed by atoms with Crippen molar-refractivity contribution in [1.82, 2.24) is 0 Å². The maximum absolute atomic E-state index is 13.0. The van der Waals surface area contributed by atoms with Gasteiger partial charge in [0.05, 0.1) is 5.56 Å². The number of benzene rings is 1. The van der Waals surface area contributed by atoms with Crippen LogP contribution in [0.25, 0.3) is 0 Å². The zero-order valence-corrected chi connectivity index (χ0v) is 8.84. The van der Waals surface area contributed by atoms with Crippen molar-refractivity contribution in [2.24, 2.45) is 0 Å². The van der Waals surface area contributed by atoms with Gasteiger partial charge < -0.3 is 0 Å². The molecule has 0 heterocycles. The number of aryl methyl sites for hydroxylation is 1. The molecule has 1 aromatic rings. The number of rotatable bonds is 1. The summed E-state index contributed by atoms with van der Waals surface area (Å²) in [6.07, 6.45) is -4.49. The SMILES string of the molecule is Cc1cc(CBr)c(F)cc1C(F)(F)F. The highest BCUT2D eigenvalue weighted by molar-refractivity contribution is 9.08. The largest absolute Gasteiger partial charge is 0.416 e. The van der Waals surface area contributed by atoms with E-state index in [2.05, 4.69) is 15.9 Å². The molecule has 1 rings (SSSR count). The van der Waals surface area contributed by atoms with Gasteiger partial charge in [0.1, 0.15) is 5.82 Å². The Labute approximate surface area is 87.1 Å². The minimum absolute atomic E-state index is 0.0355. The molecule has 0 aliphatic heterocycles. The first-order valence-electron chi connectivity index (χ1n) is 3.78. The maximum Gasteiger partial charge on any atom is 0.416 e. The molecule has 0 saturated carbocycles. The lowest BCUT2D eigenvalue weighted by molar-refractivity contribution is -0.138. The molecule has 5 heteroatoms. The third kappa shape index (κ3) is 2.26. The van der Waals surface area contributed by atoms with E-state index in [1.807, 2.05) is 0 Å². The number of hydrogen-bond acceptors (Lipinski definition) is 0. The van der Waals surface area contributed by atoms with Gasteiger partial charge in [-0.2, -0.15) is 13.2 Å². The van der Waals surface area contributed by atoms with E-state index < -0.39 is 17.6 Å². The second kappa shape index (κ2) is 3.88. The Kier molecular flexibility index (Phi) is 3.19. The molecule has 0 aliphatic rings. The van der Waals surface area contributed by atoms with E-state index in [1.54, 1.807) is 0 Å². The van der Waals surface area contributed by atoms with Crippen molar-refractivity contribution in [2.75, 3.05) is 0 Å². The molecule has 0 radical (unpaired) electrons. The van der Waals surface area contributed by atoms with E-state index in [-0.39, 0.29) is 16.5 Å². The lowest BCUT2D eigenvalue weighted by atomic mass is 10.1. The molecule has 0 atom stereocenters. The van der Waals surface area contributed by atoms with Crippen molar-refractivity contribution in [1.29, 1.82) is 0 Å². The van der Waals surface area contributed by atoms with Crippen molar-refractivity contribution in [3.63, 3.8) is 0 Å². The highest BCUT2D eigenvalue weighted by Gasteiger charge is 2.33. The van der Waals surface area contributed by atoms with Crippen LogP contribution in [0, 0.1) is 12.7 Å². The summed E-state index contributed by atoms with van der Waals surface area (Å²) in [6, 6.07) is 1.73. The Morgan fingerprint density at radius 2 is 1.86 bits per heavy atom. The molecule has 0 amide bonds. The number of halogens is 5. The molecule has 0 saturated heterocycles. The zero-order chi connectivity index (χ0) is 10.9.